The molecule has 1 amide bonds. The highest BCUT2D eigenvalue weighted by atomic mass is 32.2. The predicted molar refractivity (Wildman–Crippen MR) is 116 cm³/mol. The van der Waals surface area contributed by atoms with E-state index in [1.165, 1.54) is 7.05 Å². The molecule has 30 heavy (non-hydrogen) atoms. The van der Waals surface area contributed by atoms with E-state index >= 15 is 0 Å². The molecule has 1 aromatic heterocycles. The fraction of sp³-hybridized carbons (Fsp3) is 0.217. The van der Waals surface area contributed by atoms with Gasteiger partial charge < -0.3 is 4.57 Å². The van der Waals surface area contributed by atoms with E-state index in [-0.39, 0.29) is 11.4 Å². The SMILES string of the molecule is Cc1ccc(S(=O)(=O)N(C)CC(=O)N=c2ccccn2Cc2ccccc2)cc1C. The van der Waals surface area contributed by atoms with Gasteiger partial charge in [-0.2, -0.15) is 9.30 Å². The summed E-state index contributed by atoms with van der Waals surface area (Å²) < 4.78 is 28.5. The first-order chi connectivity index (χ1) is 14.3. The zero-order valence-corrected chi connectivity index (χ0v) is 18.1. The summed E-state index contributed by atoms with van der Waals surface area (Å²) in [5.41, 5.74) is 3.44. The molecule has 0 atom stereocenters. The number of likely N-dealkylation sites (N-methyl/N-ethyl adjacent to an activating group) is 1. The van der Waals surface area contributed by atoms with Crippen LogP contribution < -0.4 is 5.49 Å². The van der Waals surface area contributed by atoms with Crippen LogP contribution in [0.1, 0.15) is 16.7 Å². The van der Waals surface area contributed by atoms with Crippen LogP contribution in [0.5, 0.6) is 0 Å². The molecule has 156 valence electrons. The molecule has 0 saturated carbocycles. The first kappa shape index (κ1) is 21.7. The predicted octanol–water partition coefficient (Wildman–Crippen LogP) is 2.90. The highest BCUT2D eigenvalue weighted by Crippen LogP contribution is 2.18. The Balaban J connectivity index is 1.81. The molecule has 0 aliphatic rings. The van der Waals surface area contributed by atoms with Crippen LogP contribution in [0.4, 0.5) is 0 Å². The summed E-state index contributed by atoms with van der Waals surface area (Å²) in [4.78, 5) is 16.9. The van der Waals surface area contributed by atoms with E-state index in [0.717, 1.165) is 21.0 Å². The molecule has 3 aromatic rings. The van der Waals surface area contributed by atoms with Gasteiger partial charge in [0.25, 0.3) is 5.91 Å². The number of nitrogens with zero attached hydrogens (tertiary/aromatic N) is 3. The number of hydrogen-bond donors (Lipinski definition) is 0. The molecule has 2 aromatic carbocycles. The number of rotatable bonds is 6. The van der Waals surface area contributed by atoms with Gasteiger partial charge in [0.2, 0.25) is 10.0 Å². The highest BCUT2D eigenvalue weighted by molar-refractivity contribution is 7.89. The van der Waals surface area contributed by atoms with Crippen LogP contribution in [0, 0.1) is 13.8 Å². The van der Waals surface area contributed by atoms with E-state index in [1.807, 2.05) is 61.0 Å². The van der Waals surface area contributed by atoms with E-state index in [2.05, 4.69) is 4.99 Å². The molecule has 0 spiro atoms. The molecule has 0 aliphatic heterocycles. The van der Waals surface area contributed by atoms with Crippen molar-refractivity contribution < 1.29 is 13.2 Å². The molecule has 0 aliphatic carbocycles. The third kappa shape index (κ3) is 5.11. The third-order valence-corrected chi connectivity index (χ3v) is 6.70. The van der Waals surface area contributed by atoms with E-state index < -0.39 is 15.9 Å². The number of pyridine rings is 1. The van der Waals surface area contributed by atoms with Gasteiger partial charge in [0, 0.05) is 19.8 Å². The summed E-state index contributed by atoms with van der Waals surface area (Å²) in [7, 11) is -2.39. The normalized spacial score (nSPS) is 12.3. The van der Waals surface area contributed by atoms with Crippen molar-refractivity contribution in [3.05, 3.63) is 95.1 Å². The molecule has 0 saturated heterocycles. The van der Waals surface area contributed by atoms with Gasteiger partial charge in [-0.1, -0.05) is 42.5 Å². The first-order valence-corrected chi connectivity index (χ1v) is 11.0. The molecule has 0 N–H and O–H groups in total. The zero-order chi connectivity index (χ0) is 21.7. The lowest BCUT2D eigenvalue weighted by molar-refractivity contribution is -0.118. The van der Waals surface area contributed by atoms with Gasteiger partial charge in [-0.15, -0.1) is 0 Å². The van der Waals surface area contributed by atoms with Gasteiger partial charge in [0.1, 0.15) is 5.49 Å². The Bertz CT molecular complexity index is 1220. The monoisotopic (exact) mass is 423 g/mol. The Morgan fingerprint density at radius 1 is 0.967 bits per heavy atom. The average Bonchev–Trinajstić information content (AvgIpc) is 2.72. The number of hydrogen-bond acceptors (Lipinski definition) is 3. The Labute approximate surface area is 177 Å². The van der Waals surface area contributed by atoms with Crippen LogP contribution in [0.25, 0.3) is 0 Å². The molecule has 0 bridgehead atoms. The third-order valence-electron chi connectivity index (χ3n) is 4.90. The van der Waals surface area contributed by atoms with E-state index in [1.54, 1.807) is 30.3 Å². The summed E-state index contributed by atoms with van der Waals surface area (Å²) in [6.07, 6.45) is 1.84. The maximum Gasteiger partial charge on any atom is 0.262 e. The Hall–Kier alpha value is -3.03. The molecular weight excluding hydrogens is 398 g/mol. The number of aromatic nitrogens is 1. The standard InChI is InChI=1S/C23H25N3O3S/c1-18-12-13-21(15-19(18)2)30(28,29)25(3)17-23(27)24-22-11-7-8-14-26(22)16-20-9-5-4-6-10-20/h4-15H,16-17H2,1-3H3. The molecule has 0 radical (unpaired) electrons. The quantitative estimate of drug-likeness (QED) is 0.612. The maximum absolute atomic E-state index is 12.8. The summed E-state index contributed by atoms with van der Waals surface area (Å²) in [6, 6.07) is 20.2. The van der Waals surface area contributed by atoms with Gasteiger partial charge >= 0.3 is 0 Å². The number of benzene rings is 2. The summed E-state index contributed by atoms with van der Waals surface area (Å²) >= 11 is 0. The van der Waals surface area contributed by atoms with Gasteiger partial charge in [-0.25, -0.2) is 8.42 Å². The molecular formula is C23H25N3O3S. The van der Waals surface area contributed by atoms with Crippen molar-refractivity contribution in [2.45, 2.75) is 25.3 Å². The van der Waals surface area contributed by atoms with Crippen molar-refractivity contribution in [1.29, 1.82) is 0 Å². The van der Waals surface area contributed by atoms with Crippen LogP contribution >= 0.6 is 0 Å². The van der Waals surface area contributed by atoms with Crippen molar-refractivity contribution in [2.24, 2.45) is 4.99 Å². The number of sulfonamides is 1. The minimum atomic E-state index is -3.78. The Morgan fingerprint density at radius 3 is 2.37 bits per heavy atom. The van der Waals surface area contributed by atoms with Gasteiger partial charge in [-0.05, 0) is 54.8 Å². The van der Waals surface area contributed by atoms with E-state index in [4.69, 9.17) is 0 Å². The lowest BCUT2D eigenvalue weighted by Gasteiger charge is -2.16. The van der Waals surface area contributed by atoms with Crippen molar-refractivity contribution in [3.63, 3.8) is 0 Å². The van der Waals surface area contributed by atoms with E-state index in [0.29, 0.717) is 12.0 Å². The Morgan fingerprint density at radius 2 is 1.67 bits per heavy atom. The fourth-order valence-corrected chi connectivity index (χ4v) is 4.18. The van der Waals surface area contributed by atoms with Gasteiger partial charge in [0.05, 0.1) is 11.4 Å². The van der Waals surface area contributed by atoms with Crippen molar-refractivity contribution in [2.75, 3.05) is 13.6 Å². The molecule has 7 heteroatoms. The van der Waals surface area contributed by atoms with Crippen LogP contribution in [0.2, 0.25) is 0 Å². The minimum Gasteiger partial charge on any atom is -0.328 e. The first-order valence-electron chi connectivity index (χ1n) is 9.58. The van der Waals surface area contributed by atoms with Crippen LogP contribution in [-0.4, -0.2) is 36.8 Å². The number of carbonyl (C=O) groups excluding carboxylic acids is 1. The minimum absolute atomic E-state index is 0.166. The molecule has 0 unspecified atom stereocenters. The average molecular weight is 424 g/mol. The molecule has 6 nitrogen and oxygen atoms in total. The van der Waals surface area contributed by atoms with Gasteiger partial charge in [0.15, 0.2) is 0 Å². The fourth-order valence-electron chi connectivity index (χ4n) is 2.98. The summed E-state index contributed by atoms with van der Waals surface area (Å²) in [5.74, 6) is -0.530. The molecule has 0 fully saturated rings. The topological polar surface area (TPSA) is 71.7 Å². The van der Waals surface area contributed by atoms with Crippen LogP contribution in [0.3, 0.4) is 0 Å². The maximum atomic E-state index is 12.8. The smallest absolute Gasteiger partial charge is 0.262 e. The van der Waals surface area contributed by atoms with Gasteiger partial charge in [-0.3, -0.25) is 4.79 Å². The Kier molecular flexibility index (Phi) is 6.64. The van der Waals surface area contributed by atoms with Crippen LogP contribution in [0.15, 0.2) is 82.8 Å². The second kappa shape index (κ2) is 9.19. The largest absolute Gasteiger partial charge is 0.328 e. The van der Waals surface area contributed by atoms with Crippen LogP contribution in [-0.2, 0) is 21.4 Å². The zero-order valence-electron chi connectivity index (χ0n) is 17.3. The summed E-state index contributed by atoms with van der Waals surface area (Å²) in [5, 5.41) is 0. The number of amides is 1. The second-order valence-corrected chi connectivity index (χ2v) is 9.23. The van der Waals surface area contributed by atoms with E-state index in [9.17, 15) is 13.2 Å². The van der Waals surface area contributed by atoms with Crippen molar-refractivity contribution in [3.8, 4) is 0 Å². The number of aryl methyl sites for hydroxylation is 2. The second-order valence-electron chi connectivity index (χ2n) is 7.19. The lowest BCUT2D eigenvalue weighted by atomic mass is 10.1. The summed E-state index contributed by atoms with van der Waals surface area (Å²) in [6.45, 7) is 4.00. The molecule has 1 heterocycles. The lowest BCUT2D eigenvalue weighted by Crippen LogP contribution is -2.33. The molecule has 3 rings (SSSR count). The van der Waals surface area contributed by atoms with Crippen molar-refractivity contribution >= 4 is 15.9 Å². The number of carbonyl (C=O) groups is 1. The van der Waals surface area contributed by atoms with Crippen molar-refractivity contribution in [1.82, 2.24) is 8.87 Å². The highest BCUT2D eigenvalue weighted by Gasteiger charge is 2.23.